The number of amides is 1. The van der Waals surface area contributed by atoms with Crippen molar-refractivity contribution in [1.29, 1.82) is 0 Å². The molecule has 0 fully saturated rings. The van der Waals surface area contributed by atoms with Gasteiger partial charge in [0.15, 0.2) is 0 Å². The summed E-state index contributed by atoms with van der Waals surface area (Å²) < 4.78 is 41.4. The standard InChI is InChI=1S/C24H18ClF3N4O/c1-15-6-2-3-7-18(15)22-29-21(14-32(22)17-12-10-16(25)11-13-17)23(33)31-30-20-9-5-4-8-19(20)24(26,27)28/h2-14,30H,1H3,(H,31,33). The Labute approximate surface area is 192 Å². The number of para-hydroxylation sites is 1. The molecule has 1 amide bonds. The van der Waals surface area contributed by atoms with Crippen molar-refractivity contribution in [2.75, 3.05) is 5.43 Å². The molecule has 4 rings (SSSR count). The molecule has 0 aliphatic carbocycles. The summed E-state index contributed by atoms with van der Waals surface area (Å²) in [5.74, 6) is -0.175. The number of benzene rings is 3. The Hall–Kier alpha value is -3.78. The first-order chi connectivity index (χ1) is 15.7. The Morgan fingerprint density at radius 1 is 0.970 bits per heavy atom. The number of nitrogens with one attached hydrogen (secondary N) is 2. The third-order valence-corrected chi connectivity index (χ3v) is 5.22. The summed E-state index contributed by atoms with van der Waals surface area (Å²) >= 11 is 6.00. The van der Waals surface area contributed by atoms with E-state index in [1.54, 1.807) is 28.8 Å². The lowest BCUT2D eigenvalue weighted by Gasteiger charge is -2.14. The molecule has 1 heterocycles. The number of rotatable bonds is 5. The number of alkyl halides is 3. The zero-order valence-corrected chi connectivity index (χ0v) is 18.1. The second-order valence-electron chi connectivity index (χ2n) is 7.23. The number of nitrogens with zero attached hydrogens (tertiary/aromatic N) is 2. The lowest BCUT2D eigenvalue weighted by atomic mass is 10.1. The van der Waals surface area contributed by atoms with Crippen LogP contribution in [0.25, 0.3) is 17.1 Å². The molecule has 0 spiro atoms. The fourth-order valence-corrected chi connectivity index (χ4v) is 3.46. The third kappa shape index (κ3) is 4.85. The molecule has 0 unspecified atom stereocenters. The Kier molecular flexibility index (Phi) is 6.11. The number of aryl methyl sites for hydroxylation is 1. The molecule has 0 radical (unpaired) electrons. The minimum Gasteiger partial charge on any atom is -0.299 e. The Bertz CT molecular complexity index is 1300. The summed E-state index contributed by atoms with van der Waals surface area (Å²) in [4.78, 5) is 17.3. The van der Waals surface area contributed by atoms with E-state index < -0.39 is 17.6 Å². The summed E-state index contributed by atoms with van der Waals surface area (Å²) in [5, 5.41) is 0.557. The van der Waals surface area contributed by atoms with Gasteiger partial charge in [-0.25, -0.2) is 4.98 Å². The number of imidazole rings is 1. The molecule has 0 atom stereocenters. The molecular weight excluding hydrogens is 453 g/mol. The second-order valence-corrected chi connectivity index (χ2v) is 7.67. The first kappa shape index (κ1) is 22.4. The van der Waals surface area contributed by atoms with Gasteiger partial charge in [0, 0.05) is 22.5 Å². The van der Waals surface area contributed by atoms with Crippen LogP contribution in [-0.2, 0) is 6.18 Å². The minimum atomic E-state index is -4.57. The van der Waals surface area contributed by atoms with Crippen LogP contribution in [0.2, 0.25) is 5.02 Å². The highest BCUT2D eigenvalue weighted by Crippen LogP contribution is 2.34. The van der Waals surface area contributed by atoms with Crippen molar-refractivity contribution < 1.29 is 18.0 Å². The number of hydrogen-bond acceptors (Lipinski definition) is 3. The topological polar surface area (TPSA) is 59.0 Å². The van der Waals surface area contributed by atoms with E-state index in [1.165, 1.54) is 24.4 Å². The van der Waals surface area contributed by atoms with Crippen LogP contribution in [0, 0.1) is 6.92 Å². The van der Waals surface area contributed by atoms with Gasteiger partial charge >= 0.3 is 6.18 Å². The molecule has 2 N–H and O–H groups in total. The van der Waals surface area contributed by atoms with Gasteiger partial charge in [-0.2, -0.15) is 13.2 Å². The number of aromatic nitrogens is 2. The van der Waals surface area contributed by atoms with E-state index in [2.05, 4.69) is 15.8 Å². The number of anilines is 1. The average molecular weight is 471 g/mol. The first-order valence-electron chi connectivity index (χ1n) is 9.88. The van der Waals surface area contributed by atoms with E-state index in [9.17, 15) is 18.0 Å². The normalized spacial score (nSPS) is 11.3. The maximum absolute atomic E-state index is 13.2. The molecule has 9 heteroatoms. The highest BCUT2D eigenvalue weighted by molar-refractivity contribution is 6.30. The largest absolute Gasteiger partial charge is 0.418 e. The number of carbonyl (C=O) groups excluding carboxylic acids is 1. The molecule has 0 saturated heterocycles. The van der Waals surface area contributed by atoms with Crippen molar-refractivity contribution >= 4 is 23.2 Å². The van der Waals surface area contributed by atoms with Crippen LogP contribution in [0.5, 0.6) is 0 Å². The summed E-state index contributed by atoms with van der Waals surface area (Å²) in [5.41, 5.74) is 6.01. The maximum atomic E-state index is 13.2. The van der Waals surface area contributed by atoms with Gasteiger partial charge in [-0.15, -0.1) is 0 Å². The molecule has 4 aromatic rings. The van der Waals surface area contributed by atoms with E-state index in [0.717, 1.165) is 22.9 Å². The molecular formula is C24H18ClF3N4O. The van der Waals surface area contributed by atoms with E-state index in [1.807, 2.05) is 31.2 Å². The maximum Gasteiger partial charge on any atom is 0.418 e. The predicted molar refractivity (Wildman–Crippen MR) is 121 cm³/mol. The highest BCUT2D eigenvalue weighted by Gasteiger charge is 2.33. The van der Waals surface area contributed by atoms with Crippen LogP contribution >= 0.6 is 11.6 Å². The average Bonchev–Trinajstić information content (AvgIpc) is 3.23. The molecule has 0 aliphatic heterocycles. The number of halogens is 4. The first-order valence-corrected chi connectivity index (χ1v) is 10.3. The van der Waals surface area contributed by atoms with Crippen molar-refractivity contribution in [2.24, 2.45) is 0 Å². The molecule has 0 aliphatic rings. The van der Waals surface area contributed by atoms with Gasteiger partial charge in [-0.1, -0.05) is 48.0 Å². The Morgan fingerprint density at radius 3 is 2.33 bits per heavy atom. The number of hydrazine groups is 1. The van der Waals surface area contributed by atoms with Crippen LogP contribution in [0.4, 0.5) is 18.9 Å². The molecule has 33 heavy (non-hydrogen) atoms. The summed E-state index contributed by atoms with van der Waals surface area (Å²) in [6.45, 7) is 1.92. The van der Waals surface area contributed by atoms with E-state index in [4.69, 9.17) is 11.6 Å². The van der Waals surface area contributed by atoms with Crippen LogP contribution in [0.15, 0.2) is 79.0 Å². The molecule has 1 aromatic heterocycles. The van der Waals surface area contributed by atoms with Crippen molar-refractivity contribution in [3.05, 3.63) is 101 Å². The van der Waals surface area contributed by atoms with Crippen LogP contribution in [0.3, 0.4) is 0 Å². The summed E-state index contributed by atoms with van der Waals surface area (Å²) in [6.07, 6.45) is -3.04. The molecule has 3 aromatic carbocycles. The van der Waals surface area contributed by atoms with Crippen molar-refractivity contribution in [1.82, 2.24) is 15.0 Å². The van der Waals surface area contributed by atoms with Crippen molar-refractivity contribution in [3.63, 3.8) is 0 Å². The second kappa shape index (κ2) is 8.99. The Morgan fingerprint density at radius 2 is 1.64 bits per heavy atom. The smallest absolute Gasteiger partial charge is 0.299 e. The minimum absolute atomic E-state index is 0.0280. The van der Waals surface area contributed by atoms with Crippen molar-refractivity contribution in [2.45, 2.75) is 13.1 Å². The highest BCUT2D eigenvalue weighted by atomic mass is 35.5. The van der Waals surface area contributed by atoms with Crippen LogP contribution in [-0.4, -0.2) is 15.5 Å². The van der Waals surface area contributed by atoms with E-state index in [-0.39, 0.29) is 11.4 Å². The van der Waals surface area contributed by atoms with Gasteiger partial charge in [-0.05, 0) is 48.9 Å². The quantitative estimate of drug-likeness (QED) is 0.338. The number of hydrogen-bond donors (Lipinski definition) is 2. The van der Waals surface area contributed by atoms with E-state index in [0.29, 0.717) is 10.8 Å². The van der Waals surface area contributed by atoms with Gasteiger partial charge in [0.25, 0.3) is 5.91 Å². The van der Waals surface area contributed by atoms with Gasteiger partial charge in [0.05, 0.1) is 11.3 Å². The van der Waals surface area contributed by atoms with Gasteiger partial charge in [0.1, 0.15) is 11.5 Å². The Balaban J connectivity index is 1.68. The lowest BCUT2D eigenvalue weighted by molar-refractivity contribution is -0.137. The fourth-order valence-electron chi connectivity index (χ4n) is 3.33. The predicted octanol–water partition coefficient (Wildman–Crippen LogP) is 6.28. The monoisotopic (exact) mass is 470 g/mol. The zero-order valence-electron chi connectivity index (χ0n) is 17.3. The number of carbonyl (C=O) groups is 1. The van der Waals surface area contributed by atoms with E-state index >= 15 is 0 Å². The van der Waals surface area contributed by atoms with Gasteiger partial charge in [0.2, 0.25) is 0 Å². The SMILES string of the molecule is Cc1ccccc1-c1nc(C(=O)NNc2ccccc2C(F)(F)F)cn1-c1ccc(Cl)cc1. The summed E-state index contributed by atoms with van der Waals surface area (Å²) in [6, 6.07) is 19.4. The molecule has 5 nitrogen and oxygen atoms in total. The van der Waals surface area contributed by atoms with Crippen LogP contribution < -0.4 is 10.9 Å². The fraction of sp³-hybridized carbons (Fsp3) is 0.0833. The van der Waals surface area contributed by atoms with Crippen LogP contribution in [0.1, 0.15) is 21.6 Å². The third-order valence-electron chi connectivity index (χ3n) is 4.97. The van der Waals surface area contributed by atoms with Gasteiger partial charge in [-0.3, -0.25) is 20.2 Å². The van der Waals surface area contributed by atoms with Gasteiger partial charge < -0.3 is 0 Å². The summed E-state index contributed by atoms with van der Waals surface area (Å²) in [7, 11) is 0. The molecule has 168 valence electrons. The van der Waals surface area contributed by atoms with Crippen molar-refractivity contribution in [3.8, 4) is 17.1 Å². The molecule has 0 bridgehead atoms. The zero-order chi connectivity index (χ0) is 23.6. The lowest BCUT2D eigenvalue weighted by Crippen LogP contribution is -2.30. The molecule has 0 saturated carbocycles.